The Labute approximate surface area is 100 Å². The Morgan fingerprint density at radius 2 is 2.24 bits per heavy atom. The molecule has 1 aromatic rings. The molecule has 1 amide bonds. The van der Waals surface area contributed by atoms with Crippen molar-refractivity contribution in [3.8, 4) is 0 Å². The molecule has 1 heterocycles. The molecular formula is C13H16N2O2. The standard InChI is InChI=1S/C13H16N2O2/c1-9(11-6-14-7-11)13(17)15-12-4-2-3-10(5-12)8-16/h2-5,14,16H,6-8H2,1H3,(H,15,17). The van der Waals surface area contributed by atoms with E-state index in [1.165, 1.54) is 0 Å². The summed E-state index contributed by atoms with van der Waals surface area (Å²) < 4.78 is 0. The molecule has 17 heavy (non-hydrogen) atoms. The van der Waals surface area contributed by atoms with Crippen LogP contribution in [0.5, 0.6) is 0 Å². The summed E-state index contributed by atoms with van der Waals surface area (Å²) in [5.74, 6) is -0.0726. The predicted octanol–water partition coefficient (Wildman–Crippen LogP) is 1.04. The van der Waals surface area contributed by atoms with Gasteiger partial charge >= 0.3 is 0 Å². The quantitative estimate of drug-likeness (QED) is 0.682. The van der Waals surface area contributed by atoms with Crippen molar-refractivity contribution in [3.63, 3.8) is 0 Å². The van der Waals surface area contributed by atoms with Crippen LogP contribution in [0.1, 0.15) is 12.5 Å². The Balaban J connectivity index is 2.07. The van der Waals surface area contributed by atoms with E-state index in [-0.39, 0.29) is 12.5 Å². The van der Waals surface area contributed by atoms with Gasteiger partial charge in [-0.2, -0.15) is 0 Å². The first kappa shape index (κ1) is 11.8. The summed E-state index contributed by atoms with van der Waals surface area (Å²) >= 11 is 0. The van der Waals surface area contributed by atoms with E-state index in [0.717, 1.165) is 29.8 Å². The molecule has 1 aromatic carbocycles. The van der Waals surface area contributed by atoms with Crippen LogP contribution in [-0.2, 0) is 11.4 Å². The summed E-state index contributed by atoms with van der Waals surface area (Å²) in [5, 5.41) is 14.9. The van der Waals surface area contributed by atoms with Gasteiger partial charge in [-0.1, -0.05) is 12.1 Å². The van der Waals surface area contributed by atoms with Crippen LogP contribution in [0.25, 0.3) is 0 Å². The van der Waals surface area contributed by atoms with Crippen LogP contribution in [0.15, 0.2) is 35.4 Å². The number of amides is 1. The van der Waals surface area contributed by atoms with Crippen LogP contribution in [0.3, 0.4) is 0 Å². The largest absolute Gasteiger partial charge is 0.392 e. The van der Waals surface area contributed by atoms with Gasteiger partial charge < -0.3 is 15.7 Å². The zero-order valence-electron chi connectivity index (χ0n) is 9.79. The van der Waals surface area contributed by atoms with Crippen LogP contribution >= 0.6 is 0 Å². The van der Waals surface area contributed by atoms with Gasteiger partial charge in [0.25, 0.3) is 5.91 Å². The van der Waals surface area contributed by atoms with Gasteiger partial charge in [0, 0.05) is 24.4 Å². The zero-order chi connectivity index (χ0) is 12.3. The van der Waals surface area contributed by atoms with Crippen LogP contribution in [-0.4, -0.2) is 24.1 Å². The van der Waals surface area contributed by atoms with Crippen LogP contribution in [0.2, 0.25) is 0 Å². The van der Waals surface area contributed by atoms with Crippen LogP contribution in [0.4, 0.5) is 5.69 Å². The lowest BCUT2D eigenvalue weighted by molar-refractivity contribution is -0.112. The highest BCUT2D eigenvalue weighted by atomic mass is 16.3. The molecule has 0 radical (unpaired) electrons. The number of aliphatic hydroxyl groups is 1. The summed E-state index contributed by atoms with van der Waals surface area (Å²) in [4.78, 5) is 11.9. The van der Waals surface area contributed by atoms with E-state index in [1.54, 1.807) is 6.07 Å². The smallest absolute Gasteiger partial charge is 0.251 e. The number of hydrogen-bond donors (Lipinski definition) is 3. The molecule has 0 bridgehead atoms. The number of nitrogens with one attached hydrogen (secondary N) is 2. The predicted molar refractivity (Wildman–Crippen MR) is 66.6 cm³/mol. The monoisotopic (exact) mass is 232 g/mol. The van der Waals surface area contributed by atoms with Gasteiger partial charge in [-0.3, -0.25) is 4.79 Å². The lowest BCUT2D eigenvalue weighted by Crippen LogP contribution is -2.36. The summed E-state index contributed by atoms with van der Waals surface area (Å²) in [6.07, 6.45) is 0. The van der Waals surface area contributed by atoms with E-state index in [0.29, 0.717) is 5.69 Å². The molecule has 4 nitrogen and oxygen atoms in total. The number of carbonyl (C=O) groups is 1. The molecule has 4 heteroatoms. The van der Waals surface area contributed by atoms with Gasteiger partial charge in [-0.15, -0.1) is 0 Å². The fraction of sp³-hybridized carbons (Fsp3) is 0.308. The minimum absolute atomic E-state index is 0.0201. The number of anilines is 1. The number of carbonyl (C=O) groups excluding carboxylic acids is 1. The maximum absolute atomic E-state index is 11.9. The lowest BCUT2D eigenvalue weighted by Gasteiger charge is -2.21. The highest BCUT2D eigenvalue weighted by Crippen LogP contribution is 2.14. The summed E-state index contributed by atoms with van der Waals surface area (Å²) in [6, 6.07) is 7.22. The van der Waals surface area contributed by atoms with Gasteiger partial charge in [0.2, 0.25) is 0 Å². The normalized spacial score (nSPS) is 14.1. The van der Waals surface area contributed by atoms with Crippen molar-refractivity contribution in [1.82, 2.24) is 5.32 Å². The van der Waals surface area contributed by atoms with Gasteiger partial charge in [-0.25, -0.2) is 0 Å². The molecule has 1 saturated heterocycles. The van der Waals surface area contributed by atoms with Crippen LogP contribution in [0, 0.1) is 0 Å². The molecule has 0 saturated carbocycles. The molecule has 3 N–H and O–H groups in total. The number of benzene rings is 1. The summed E-state index contributed by atoms with van der Waals surface area (Å²) in [6.45, 7) is 3.42. The molecule has 1 aliphatic rings. The van der Waals surface area contributed by atoms with Crippen molar-refractivity contribution >= 4 is 11.6 Å². The fourth-order valence-corrected chi connectivity index (χ4v) is 1.65. The van der Waals surface area contributed by atoms with E-state index in [2.05, 4.69) is 10.6 Å². The molecule has 0 aromatic heterocycles. The lowest BCUT2D eigenvalue weighted by atomic mass is 10.0. The fourth-order valence-electron chi connectivity index (χ4n) is 1.65. The minimum atomic E-state index is -0.0726. The van der Waals surface area contributed by atoms with Gasteiger partial charge in [-0.05, 0) is 30.2 Å². The van der Waals surface area contributed by atoms with E-state index in [9.17, 15) is 4.79 Å². The van der Waals surface area contributed by atoms with E-state index in [1.807, 2.05) is 25.1 Å². The van der Waals surface area contributed by atoms with Gasteiger partial charge in [0.1, 0.15) is 0 Å². The molecular weight excluding hydrogens is 216 g/mol. The molecule has 1 fully saturated rings. The molecule has 0 spiro atoms. The Morgan fingerprint density at radius 3 is 2.82 bits per heavy atom. The van der Waals surface area contributed by atoms with Gasteiger partial charge in [0.15, 0.2) is 0 Å². The van der Waals surface area contributed by atoms with Crippen molar-refractivity contribution in [2.75, 3.05) is 18.4 Å². The molecule has 0 aliphatic carbocycles. The summed E-state index contributed by atoms with van der Waals surface area (Å²) in [7, 11) is 0. The zero-order valence-corrected chi connectivity index (χ0v) is 9.79. The molecule has 2 rings (SSSR count). The molecule has 0 atom stereocenters. The third kappa shape index (κ3) is 2.72. The maximum Gasteiger partial charge on any atom is 0.251 e. The number of rotatable bonds is 3. The average Bonchev–Trinajstić information content (AvgIpc) is 2.27. The van der Waals surface area contributed by atoms with E-state index in [4.69, 9.17) is 5.11 Å². The highest BCUT2D eigenvalue weighted by molar-refractivity contribution is 6.04. The SMILES string of the molecule is CC(C(=O)Nc1cccc(CO)c1)=C1CNC1. The molecule has 0 unspecified atom stereocenters. The molecule has 90 valence electrons. The Hall–Kier alpha value is -1.65. The second kappa shape index (κ2) is 5.12. The first-order chi connectivity index (χ1) is 8.20. The second-order valence-corrected chi connectivity index (χ2v) is 4.14. The van der Waals surface area contributed by atoms with Crippen molar-refractivity contribution < 1.29 is 9.90 Å². The maximum atomic E-state index is 11.9. The van der Waals surface area contributed by atoms with Crippen LogP contribution < -0.4 is 10.6 Å². The topological polar surface area (TPSA) is 61.4 Å². The highest BCUT2D eigenvalue weighted by Gasteiger charge is 2.15. The third-order valence-corrected chi connectivity index (χ3v) is 2.92. The van der Waals surface area contributed by atoms with E-state index < -0.39 is 0 Å². The summed E-state index contributed by atoms with van der Waals surface area (Å²) in [5.41, 5.74) is 3.44. The molecule has 1 aliphatic heterocycles. The first-order valence-electron chi connectivity index (χ1n) is 5.61. The van der Waals surface area contributed by atoms with Crippen molar-refractivity contribution in [2.45, 2.75) is 13.5 Å². The Kier molecular flexibility index (Phi) is 3.56. The van der Waals surface area contributed by atoms with Crippen molar-refractivity contribution in [2.24, 2.45) is 0 Å². The van der Waals surface area contributed by atoms with Crippen molar-refractivity contribution in [3.05, 3.63) is 41.0 Å². The number of hydrogen-bond acceptors (Lipinski definition) is 3. The third-order valence-electron chi connectivity index (χ3n) is 2.92. The first-order valence-corrected chi connectivity index (χ1v) is 5.61. The van der Waals surface area contributed by atoms with E-state index >= 15 is 0 Å². The van der Waals surface area contributed by atoms with Gasteiger partial charge in [0.05, 0.1) is 6.61 Å². The van der Waals surface area contributed by atoms with Crippen molar-refractivity contribution in [1.29, 1.82) is 0 Å². The Bertz CT molecular complexity index is 460. The minimum Gasteiger partial charge on any atom is -0.392 e. The number of aliphatic hydroxyl groups excluding tert-OH is 1. The second-order valence-electron chi connectivity index (χ2n) is 4.14. The average molecular weight is 232 g/mol. The Morgan fingerprint density at radius 1 is 1.47 bits per heavy atom.